The highest BCUT2D eigenvalue weighted by molar-refractivity contribution is 5.89. The number of rotatable bonds is 7. The van der Waals surface area contributed by atoms with Crippen molar-refractivity contribution in [3.63, 3.8) is 0 Å². The number of ether oxygens (including phenoxy) is 1. The molecule has 0 atom stereocenters. The standard InChI is InChI=1S/C19H27N5O3/c1-15-20-18(27-22-15)16-5-7-17(8-6-16)21-19(25)24-12-10-23(11-13-24)9-3-4-14-26-2/h5-8H,3-4,9-14H2,1-2H3,(H,21,25). The molecule has 1 saturated heterocycles. The second-order valence-corrected chi connectivity index (χ2v) is 6.68. The predicted molar refractivity (Wildman–Crippen MR) is 103 cm³/mol. The topological polar surface area (TPSA) is 83.7 Å². The van der Waals surface area contributed by atoms with Gasteiger partial charge in [-0.05, 0) is 50.6 Å². The van der Waals surface area contributed by atoms with Crippen LogP contribution >= 0.6 is 0 Å². The molecule has 8 heteroatoms. The molecule has 3 rings (SSSR count). The molecule has 2 aromatic rings. The maximum atomic E-state index is 12.5. The second-order valence-electron chi connectivity index (χ2n) is 6.68. The zero-order chi connectivity index (χ0) is 19.1. The summed E-state index contributed by atoms with van der Waals surface area (Å²) in [5, 5.41) is 6.74. The Morgan fingerprint density at radius 2 is 1.93 bits per heavy atom. The minimum Gasteiger partial charge on any atom is -0.385 e. The number of carbonyl (C=O) groups excluding carboxylic acids is 1. The third-order valence-electron chi connectivity index (χ3n) is 4.64. The van der Waals surface area contributed by atoms with Crippen molar-refractivity contribution >= 4 is 11.7 Å². The summed E-state index contributed by atoms with van der Waals surface area (Å²) < 4.78 is 10.2. The molecule has 0 saturated carbocycles. The number of anilines is 1. The van der Waals surface area contributed by atoms with Gasteiger partial charge >= 0.3 is 6.03 Å². The molecule has 1 fully saturated rings. The van der Waals surface area contributed by atoms with Crippen LogP contribution < -0.4 is 5.32 Å². The molecule has 0 spiro atoms. The predicted octanol–water partition coefficient (Wildman–Crippen LogP) is 2.62. The van der Waals surface area contributed by atoms with Crippen LogP contribution in [0.4, 0.5) is 10.5 Å². The molecule has 1 N–H and O–H groups in total. The number of nitrogens with zero attached hydrogens (tertiary/aromatic N) is 4. The fraction of sp³-hybridized carbons (Fsp3) is 0.526. The molecule has 0 radical (unpaired) electrons. The fourth-order valence-corrected chi connectivity index (χ4v) is 3.07. The van der Waals surface area contributed by atoms with E-state index < -0.39 is 0 Å². The average molecular weight is 373 g/mol. The molecule has 1 aliphatic rings. The van der Waals surface area contributed by atoms with Gasteiger partial charge in [0, 0.05) is 51.1 Å². The van der Waals surface area contributed by atoms with Gasteiger partial charge in [-0.2, -0.15) is 4.98 Å². The lowest BCUT2D eigenvalue weighted by Gasteiger charge is -2.34. The minimum absolute atomic E-state index is 0.0598. The fourth-order valence-electron chi connectivity index (χ4n) is 3.07. The van der Waals surface area contributed by atoms with Crippen molar-refractivity contribution in [3.8, 4) is 11.5 Å². The van der Waals surface area contributed by atoms with Gasteiger partial charge < -0.3 is 19.5 Å². The molecule has 2 heterocycles. The summed E-state index contributed by atoms with van der Waals surface area (Å²) in [7, 11) is 1.73. The molecule has 27 heavy (non-hydrogen) atoms. The van der Waals surface area contributed by atoms with Gasteiger partial charge in [-0.15, -0.1) is 0 Å². The first-order valence-corrected chi connectivity index (χ1v) is 9.33. The molecular formula is C19H27N5O3. The van der Waals surface area contributed by atoms with Gasteiger partial charge in [-0.3, -0.25) is 4.90 Å². The quantitative estimate of drug-likeness (QED) is 0.751. The van der Waals surface area contributed by atoms with E-state index in [0.29, 0.717) is 11.7 Å². The molecule has 0 bridgehead atoms. The number of benzene rings is 1. The SMILES string of the molecule is COCCCCN1CCN(C(=O)Nc2ccc(-c3nc(C)no3)cc2)CC1. The van der Waals surface area contributed by atoms with Gasteiger partial charge in [0.25, 0.3) is 5.89 Å². The van der Waals surface area contributed by atoms with Crippen LogP contribution in [0.25, 0.3) is 11.5 Å². The molecule has 1 aromatic carbocycles. The van der Waals surface area contributed by atoms with Crippen LogP contribution in [0.1, 0.15) is 18.7 Å². The van der Waals surface area contributed by atoms with Crippen molar-refractivity contribution in [2.75, 3.05) is 51.8 Å². The molecule has 0 unspecified atom stereocenters. The van der Waals surface area contributed by atoms with E-state index in [4.69, 9.17) is 9.26 Å². The maximum Gasteiger partial charge on any atom is 0.321 e. The smallest absolute Gasteiger partial charge is 0.321 e. The number of unbranched alkanes of at least 4 members (excludes halogenated alkanes) is 1. The zero-order valence-corrected chi connectivity index (χ0v) is 16.0. The van der Waals surface area contributed by atoms with Crippen molar-refractivity contribution in [2.45, 2.75) is 19.8 Å². The average Bonchev–Trinajstić information content (AvgIpc) is 3.13. The first-order valence-electron chi connectivity index (χ1n) is 9.33. The zero-order valence-electron chi connectivity index (χ0n) is 16.0. The maximum absolute atomic E-state index is 12.5. The molecule has 0 aliphatic carbocycles. The van der Waals surface area contributed by atoms with Crippen LogP contribution in [0.5, 0.6) is 0 Å². The number of piperazine rings is 1. The number of aromatic nitrogens is 2. The first kappa shape index (κ1) is 19.3. The highest BCUT2D eigenvalue weighted by Crippen LogP contribution is 2.20. The molecule has 146 valence electrons. The summed E-state index contributed by atoms with van der Waals surface area (Å²) in [5.74, 6) is 1.08. The lowest BCUT2D eigenvalue weighted by atomic mass is 10.2. The van der Waals surface area contributed by atoms with E-state index >= 15 is 0 Å². The Bertz CT molecular complexity index is 723. The number of nitrogens with one attached hydrogen (secondary N) is 1. The lowest BCUT2D eigenvalue weighted by molar-refractivity contribution is 0.140. The van der Waals surface area contributed by atoms with Crippen LogP contribution in [0.2, 0.25) is 0 Å². The highest BCUT2D eigenvalue weighted by Gasteiger charge is 2.20. The van der Waals surface area contributed by atoms with E-state index in [1.54, 1.807) is 14.0 Å². The van der Waals surface area contributed by atoms with Crippen molar-refractivity contribution in [2.24, 2.45) is 0 Å². The Hall–Kier alpha value is -2.45. The van der Waals surface area contributed by atoms with Crippen molar-refractivity contribution in [1.82, 2.24) is 19.9 Å². The summed E-state index contributed by atoms with van der Waals surface area (Å²) >= 11 is 0. The van der Waals surface area contributed by atoms with Gasteiger partial charge in [0.05, 0.1) is 0 Å². The third-order valence-corrected chi connectivity index (χ3v) is 4.64. The Morgan fingerprint density at radius 1 is 1.19 bits per heavy atom. The van der Waals surface area contributed by atoms with Crippen molar-refractivity contribution in [1.29, 1.82) is 0 Å². The van der Waals surface area contributed by atoms with E-state index in [0.717, 1.165) is 63.4 Å². The van der Waals surface area contributed by atoms with E-state index in [1.165, 1.54) is 0 Å². The van der Waals surface area contributed by atoms with Gasteiger partial charge in [-0.25, -0.2) is 4.79 Å². The monoisotopic (exact) mass is 373 g/mol. The van der Waals surface area contributed by atoms with E-state index in [-0.39, 0.29) is 6.03 Å². The number of carbonyl (C=O) groups is 1. The molecule has 1 aliphatic heterocycles. The normalized spacial score (nSPS) is 15.1. The number of hydrogen-bond donors (Lipinski definition) is 1. The summed E-state index contributed by atoms with van der Waals surface area (Å²) in [4.78, 5) is 20.9. The Kier molecular flexibility index (Phi) is 6.78. The van der Waals surface area contributed by atoms with Crippen LogP contribution in [-0.2, 0) is 4.74 Å². The minimum atomic E-state index is -0.0598. The van der Waals surface area contributed by atoms with Crippen molar-refractivity contribution < 1.29 is 14.1 Å². The summed E-state index contributed by atoms with van der Waals surface area (Å²) in [6, 6.07) is 7.36. The van der Waals surface area contributed by atoms with Gasteiger partial charge in [0.1, 0.15) is 0 Å². The van der Waals surface area contributed by atoms with Crippen LogP contribution in [0.15, 0.2) is 28.8 Å². The number of methoxy groups -OCH3 is 1. The van der Waals surface area contributed by atoms with Crippen LogP contribution in [-0.4, -0.2) is 72.4 Å². The third kappa shape index (κ3) is 5.51. The Morgan fingerprint density at radius 3 is 2.56 bits per heavy atom. The number of aryl methyl sites for hydroxylation is 1. The van der Waals surface area contributed by atoms with Gasteiger partial charge in [0.15, 0.2) is 5.82 Å². The summed E-state index contributed by atoms with van der Waals surface area (Å²) in [6.45, 7) is 6.97. The largest absolute Gasteiger partial charge is 0.385 e. The molecular weight excluding hydrogens is 346 g/mol. The molecule has 1 aromatic heterocycles. The Labute approximate surface area is 159 Å². The second kappa shape index (κ2) is 9.48. The number of amides is 2. The van der Waals surface area contributed by atoms with Gasteiger partial charge in [-0.1, -0.05) is 5.16 Å². The van der Waals surface area contributed by atoms with Gasteiger partial charge in [0.2, 0.25) is 0 Å². The number of urea groups is 1. The molecule has 8 nitrogen and oxygen atoms in total. The Balaban J connectivity index is 1.44. The van der Waals surface area contributed by atoms with Crippen molar-refractivity contribution in [3.05, 3.63) is 30.1 Å². The summed E-state index contributed by atoms with van der Waals surface area (Å²) in [6.07, 6.45) is 2.21. The first-order chi connectivity index (χ1) is 13.2. The highest BCUT2D eigenvalue weighted by atomic mass is 16.5. The number of hydrogen-bond acceptors (Lipinski definition) is 6. The molecule has 2 amide bonds. The lowest BCUT2D eigenvalue weighted by Crippen LogP contribution is -2.50. The van der Waals surface area contributed by atoms with E-state index in [1.807, 2.05) is 29.2 Å². The summed E-state index contributed by atoms with van der Waals surface area (Å²) in [5.41, 5.74) is 1.58. The van der Waals surface area contributed by atoms with E-state index in [9.17, 15) is 4.79 Å². The van der Waals surface area contributed by atoms with E-state index in [2.05, 4.69) is 20.4 Å². The van der Waals surface area contributed by atoms with Crippen LogP contribution in [0.3, 0.4) is 0 Å². The van der Waals surface area contributed by atoms with Crippen LogP contribution in [0, 0.1) is 6.92 Å².